The van der Waals surface area contributed by atoms with E-state index < -0.39 is 0 Å². The zero-order valence-corrected chi connectivity index (χ0v) is 8.26. The highest BCUT2D eigenvalue weighted by Crippen LogP contribution is 1.99. The summed E-state index contributed by atoms with van der Waals surface area (Å²) in [5.74, 6) is 5.28. The Morgan fingerprint density at radius 2 is 2.50 bits per heavy atom. The fourth-order valence-electron chi connectivity index (χ4n) is 0.900. The molecule has 0 bridgehead atoms. The van der Waals surface area contributed by atoms with Crippen molar-refractivity contribution in [2.24, 2.45) is 0 Å². The quantitative estimate of drug-likeness (QED) is 0.562. The monoisotopic (exact) mass is 192 g/mol. The lowest BCUT2D eigenvalue weighted by molar-refractivity contribution is -0.141. The third-order valence-corrected chi connectivity index (χ3v) is 1.59. The lowest BCUT2D eigenvalue weighted by atomic mass is 10.2. The summed E-state index contributed by atoms with van der Waals surface area (Å²) in [5, 5.41) is 6.58. The largest absolute Gasteiger partial charge is 0.465 e. The van der Waals surface area contributed by atoms with Gasteiger partial charge in [-0.2, -0.15) is 5.10 Å². The lowest BCUT2D eigenvalue weighted by Gasteiger charge is -1.94. The number of H-pyrrole nitrogens is 1. The molecular formula is C10H12N2O2. The van der Waals surface area contributed by atoms with Crippen molar-refractivity contribution >= 4 is 5.97 Å². The number of rotatable bonds is 2. The van der Waals surface area contributed by atoms with E-state index in [0.29, 0.717) is 6.61 Å². The Morgan fingerprint density at radius 3 is 3.07 bits per heavy atom. The maximum atomic E-state index is 10.9. The Bertz CT molecular complexity index is 371. The highest BCUT2D eigenvalue weighted by Gasteiger charge is 1.97. The van der Waals surface area contributed by atoms with Gasteiger partial charge in [0.15, 0.2) is 0 Å². The first-order chi connectivity index (χ1) is 6.74. The van der Waals surface area contributed by atoms with Crippen molar-refractivity contribution in [3.63, 3.8) is 0 Å². The summed E-state index contributed by atoms with van der Waals surface area (Å²) in [6.07, 6.45) is 1.76. The number of nitrogens with one attached hydrogen (secondary N) is 1. The van der Waals surface area contributed by atoms with E-state index in [9.17, 15) is 4.79 Å². The number of hydrogen-bond donors (Lipinski definition) is 1. The Balaban J connectivity index is 2.49. The molecule has 74 valence electrons. The van der Waals surface area contributed by atoms with Crippen LogP contribution in [0.25, 0.3) is 0 Å². The van der Waals surface area contributed by atoms with E-state index in [4.69, 9.17) is 4.74 Å². The molecule has 14 heavy (non-hydrogen) atoms. The van der Waals surface area contributed by atoms with Crippen LogP contribution in [-0.2, 0) is 9.53 Å². The van der Waals surface area contributed by atoms with Crippen LogP contribution < -0.4 is 0 Å². The Morgan fingerprint density at radius 1 is 1.71 bits per heavy atom. The first-order valence-electron chi connectivity index (χ1n) is 4.38. The van der Waals surface area contributed by atoms with Crippen LogP contribution in [0.1, 0.15) is 24.6 Å². The Hall–Kier alpha value is -1.76. The second-order valence-electron chi connectivity index (χ2n) is 2.69. The van der Waals surface area contributed by atoms with Crippen molar-refractivity contribution in [3.8, 4) is 11.8 Å². The molecule has 0 aliphatic rings. The average Bonchev–Trinajstić information content (AvgIpc) is 2.52. The average molecular weight is 192 g/mol. The summed E-state index contributed by atoms with van der Waals surface area (Å²) in [6.45, 7) is 4.04. The maximum Gasteiger partial charge on any atom is 0.317 e. The van der Waals surface area contributed by atoms with Gasteiger partial charge in [-0.05, 0) is 13.8 Å². The minimum absolute atomic E-state index is 0.123. The molecule has 0 saturated carbocycles. The maximum absolute atomic E-state index is 10.9. The number of nitrogens with zero attached hydrogens (tertiary/aromatic N) is 1. The van der Waals surface area contributed by atoms with Crippen molar-refractivity contribution in [1.29, 1.82) is 0 Å². The number of ether oxygens (including phenoxy) is 1. The van der Waals surface area contributed by atoms with Crippen LogP contribution in [0.2, 0.25) is 0 Å². The minimum Gasteiger partial charge on any atom is -0.465 e. The van der Waals surface area contributed by atoms with E-state index in [2.05, 4.69) is 22.0 Å². The van der Waals surface area contributed by atoms with Crippen LogP contribution in [0.4, 0.5) is 0 Å². The van der Waals surface area contributed by atoms with Crippen molar-refractivity contribution in [2.75, 3.05) is 6.61 Å². The zero-order chi connectivity index (χ0) is 10.4. The molecule has 1 N–H and O–H groups in total. The molecular weight excluding hydrogens is 180 g/mol. The number of aryl methyl sites for hydroxylation is 1. The van der Waals surface area contributed by atoms with Crippen LogP contribution in [0.5, 0.6) is 0 Å². The lowest BCUT2D eigenvalue weighted by Crippen LogP contribution is -2.01. The topological polar surface area (TPSA) is 55.0 Å². The molecule has 0 radical (unpaired) electrons. The van der Waals surface area contributed by atoms with Crippen LogP contribution in [0.3, 0.4) is 0 Å². The molecule has 0 fully saturated rings. The number of aromatic amines is 1. The predicted octanol–water partition coefficient (Wildman–Crippen LogP) is 1.02. The molecule has 4 heteroatoms. The SMILES string of the molecule is CCOC(=O)CC#Cc1cn[nH]c1C. The van der Waals surface area contributed by atoms with Crippen molar-refractivity contribution in [1.82, 2.24) is 10.2 Å². The van der Waals surface area contributed by atoms with E-state index in [1.165, 1.54) is 0 Å². The van der Waals surface area contributed by atoms with Gasteiger partial charge in [0.2, 0.25) is 0 Å². The van der Waals surface area contributed by atoms with Gasteiger partial charge >= 0.3 is 5.97 Å². The number of esters is 1. The number of hydrogen-bond acceptors (Lipinski definition) is 3. The highest BCUT2D eigenvalue weighted by molar-refractivity contribution is 5.72. The molecule has 0 aliphatic heterocycles. The second-order valence-corrected chi connectivity index (χ2v) is 2.69. The van der Waals surface area contributed by atoms with Gasteiger partial charge in [0.1, 0.15) is 6.42 Å². The van der Waals surface area contributed by atoms with E-state index in [1.807, 2.05) is 6.92 Å². The standard InChI is InChI=1S/C10H12N2O2/c1-3-14-10(13)6-4-5-9-7-11-12-8(9)2/h7H,3,6H2,1-2H3,(H,11,12). The normalized spacial score (nSPS) is 9.00. The summed E-state index contributed by atoms with van der Waals surface area (Å²) in [4.78, 5) is 10.9. The van der Waals surface area contributed by atoms with E-state index >= 15 is 0 Å². The second kappa shape index (κ2) is 5.07. The molecule has 0 aromatic carbocycles. The molecule has 1 rings (SSSR count). The van der Waals surface area contributed by atoms with E-state index in [1.54, 1.807) is 13.1 Å². The van der Waals surface area contributed by atoms with Gasteiger partial charge in [-0.15, -0.1) is 0 Å². The Labute approximate surface area is 82.7 Å². The van der Waals surface area contributed by atoms with E-state index in [0.717, 1.165) is 11.3 Å². The molecule has 0 unspecified atom stereocenters. The molecule has 0 amide bonds. The smallest absolute Gasteiger partial charge is 0.317 e. The minimum atomic E-state index is -0.291. The first kappa shape index (κ1) is 10.3. The number of carbonyl (C=O) groups excluding carboxylic acids is 1. The first-order valence-corrected chi connectivity index (χ1v) is 4.38. The van der Waals surface area contributed by atoms with Gasteiger partial charge in [-0.3, -0.25) is 9.89 Å². The van der Waals surface area contributed by atoms with Crippen molar-refractivity contribution in [2.45, 2.75) is 20.3 Å². The summed E-state index contributed by atoms with van der Waals surface area (Å²) in [6, 6.07) is 0. The van der Waals surface area contributed by atoms with Gasteiger partial charge in [0.25, 0.3) is 0 Å². The predicted molar refractivity (Wildman–Crippen MR) is 51.5 cm³/mol. The van der Waals surface area contributed by atoms with Crippen LogP contribution in [0, 0.1) is 18.8 Å². The molecule has 1 aromatic heterocycles. The van der Waals surface area contributed by atoms with Gasteiger partial charge < -0.3 is 4.74 Å². The molecule has 0 spiro atoms. The molecule has 0 saturated heterocycles. The highest BCUT2D eigenvalue weighted by atomic mass is 16.5. The molecule has 0 atom stereocenters. The molecule has 1 aromatic rings. The molecule has 0 aliphatic carbocycles. The van der Waals surface area contributed by atoms with Crippen molar-refractivity contribution < 1.29 is 9.53 Å². The van der Waals surface area contributed by atoms with Crippen LogP contribution in [-0.4, -0.2) is 22.8 Å². The third-order valence-electron chi connectivity index (χ3n) is 1.59. The summed E-state index contributed by atoms with van der Waals surface area (Å²) in [7, 11) is 0. The van der Waals surface area contributed by atoms with Gasteiger partial charge in [0, 0.05) is 5.69 Å². The summed E-state index contributed by atoms with van der Waals surface area (Å²) in [5.41, 5.74) is 1.72. The fourth-order valence-corrected chi connectivity index (χ4v) is 0.900. The van der Waals surface area contributed by atoms with Crippen LogP contribution >= 0.6 is 0 Å². The third kappa shape index (κ3) is 2.94. The molecule has 4 nitrogen and oxygen atoms in total. The Kier molecular flexibility index (Phi) is 3.74. The zero-order valence-electron chi connectivity index (χ0n) is 8.26. The van der Waals surface area contributed by atoms with Gasteiger partial charge in [-0.1, -0.05) is 11.8 Å². The fraction of sp³-hybridized carbons (Fsp3) is 0.400. The van der Waals surface area contributed by atoms with Gasteiger partial charge in [0.05, 0.1) is 18.4 Å². The summed E-state index contributed by atoms with van der Waals surface area (Å²) < 4.78 is 4.73. The number of aromatic nitrogens is 2. The van der Waals surface area contributed by atoms with Crippen LogP contribution in [0.15, 0.2) is 6.20 Å². The van der Waals surface area contributed by atoms with Gasteiger partial charge in [-0.25, -0.2) is 0 Å². The van der Waals surface area contributed by atoms with Crippen molar-refractivity contribution in [3.05, 3.63) is 17.5 Å². The molecule has 1 heterocycles. The van der Waals surface area contributed by atoms with E-state index in [-0.39, 0.29) is 12.4 Å². The summed E-state index contributed by atoms with van der Waals surface area (Å²) >= 11 is 0. The number of carbonyl (C=O) groups is 1.